The number of halogens is 3. The molecule has 0 saturated carbocycles. The third-order valence-electron chi connectivity index (χ3n) is 3.11. The largest absolute Gasteiger partial charge is 0.573 e. The fourth-order valence-corrected chi connectivity index (χ4v) is 2.13. The molecule has 1 fully saturated rings. The number of amides is 1. The molecule has 1 aliphatic heterocycles. The number of alkyl halides is 3. The number of rotatable bonds is 4. The Morgan fingerprint density at radius 2 is 2.00 bits per heavy atom. The van der Waals surface area contributed by atoms with E-state index in [-0.39, 0.29) is 17.6 Å². The average Bonchev–Trinajstić information content (AvgIpc) is 2.71. The standard InChI is InChI=1S/C14H14F3NO2/c1-2-10-7-13(19)18(8-10)9-11-3-5-12(6-4-11)20-14(15,16)17/h2-6,10H,1,7-9H2. The van der Waals surface area contributed by atoms with Crippen LogP contribution in [0.2, 0.25) is 0 Å². The molecule has 0 N–H and O–H groups in total. The smallest absolute Gasteiger partial charge is 0.406 e. The van der Waals surface area contributed by atoms with E-state index in [0.717, 1.165) is 5.56 Å². The number of carbonyl (C=O) groups excluding carboxylic acids is 1. The minimum atomic E-state index is -4.69. The van der Waals surface area contributed by atoms with Gasteiger partial charge < -0.3 is 9.64 Å². The minimum absolute atomic E-state index is 0.0329. The zero-order valence-corrected chi connectivity index (χ0v) is 10.7. The van der Waals surface area contributed by atoms with Gasteiger partial charge in [0.2, 0.25) is 5.91 Å². The molecule has 0 aliphatic carbocycles. The van der Waals surface area contributed by atoms with Crippen molar-refractivity contribution in [3.05, 3.63) is 42.5 Å². The molecule has 3 nitrogen and oxygen atoms in total. The summed E-state index contributed by atoms with van der Waals surface area (Å²) in [7, 11) is 0. The second-order valence-corrected chi connectivity index (χ2v) is 4.67. The molecule has 1 aromatic rings. The molecule has 0 aromatic heterocycles. The lowest BCUT2D eigenvalue weighted by Gasteiger charge is -2.16. The molecule has 1 aliphatic rings. The molecule has 2 rings (SSSR count). The maximum Gasteiger partial charge on any atom is 0.573 e. The van der Waals surface area contributed by atoms with Crippen LogP contribution in [0.15, 0.2) is 36.9 Å². The quantitative estimate of drug-likeness (QED) is 0.795. The number of hydrogen-bond donors (Lipinski definition) is 0. The maximum absolute atomic E-state index is 12.0. The predicted octanol–water partition coefficient (Wildman–Crippen LogP) is 3.12. The zero-order chi connectivity index (χ0) is 14.8. The van der Waals surface area contributed by atoms with Crippen LogP contribution in [0.5, 0.6) is 5.75 Å². The van der Waals surface area contributed by atoms with E-state index < -0.39 is 6.36 Å². The Hall–Kier alpha value is -1.98. The van der Waals surface area contributed by atoms with Gasteiger partial charge in [0.1, 0.15) is 5.75 Å². The summed E-state index contributed by atoms with van der Waals surface area (Å²) in [5, 5.41) is 0. The Bertz CT molecular complexity index is 496. The second-order valence-electron chi connectivity index (χ2n) is 4.67. The lowest BCUT2D eigenvalue weighted by molar-refractivity contribution is -0.274. The fraction of sp³-hybridized carbons (Fsp3) is 0.357. The van der Waals surface area contributed by atoms with Gasteiger partial charge in [-0.25, -0.2) is 0 Å². The molecule has 1 amide bonds. The lowest BCUT2D eigenvalue weighted by Crippen LogP contribution is -2.24. The van der Waals surface area contributed by atoms with Crippen molar-refractivity contribution in [1.29, 1.82) is 0 Å². The van der Waals surface area contributed by atoms with Crippen molar-refractivity contribution in [3.63, 3.8) is 0 Å². The molecular formula is C14H14F3NO2. The summed E-state index contributed by atoms with van der Waals surface area (Å²) < 4.78 is 39.8. The van der Waals surface area contributed by atoms with Crippen LogP contribution >= 0.6 is 0 Å². The molecule has 1 saturated heterocycles. The van der Waals surface area contributed by atoms with E-state index >= 15 is 0 Å². The third kappa shape index (κ3) is 3.76. The van der Waals surface area contributed by atoms with Crippen molar-refractivity contribution >= 4 is 5.91 Å². The van der Waals surface area contributed by atoms with E-state index in [4.69, 9.17) is 0 Å². The highest BCUT2D eigenvalue weighted by Gasteiger charge is 2.31. The first-order valence-corrected chi connectivity index (χ1v) is 6.12. The number of ether oxygens (including phenoxy) is 1. The summed E-state index contributed by atoms with van der Waals surface area (Å²) in [6, 6.07) is 5.54. The van der Waals surface area contributed by atoms with E-state index in [1.165, 1.54) is 24.3 Å². The minimum Gasteiger partial charge on any atom is -0.406 e. The topological polar surface area (TPSA) is 29.5 Å². The molecule has 1 aromatic carbocycles. The highest BCUT2D eigenvalue weighted by atomic mass is 19.4. The van der Waals surface area contributed by atoms with Crippen LogP contribution in [0.3, 0.4) is 0 Å². The van der Waals surface area contributed by atoms with Crippen molar-refractivity contribution in [2.75, 3.05) is 6.54 Å². The Morgan fingerprint density at radius 3 is 2.50 bits per heavy atom. The van der Waals surface area contributed by atoms with Gasteiger partial charge in [-0.2, -0.15) is 0 Å². The second kappa shape index (κ2) is 5.56. The van der Waals surface area contributed by atoms with Gasteiger partial charge in [0.05, 0.1) is 0 Å². The molecule has 1 atom stereocenters. The molecule has 0 bridgehead atoms. The van der Waals surface area contributed by atoms with Crippen LogP contribution in [-0.4, -0.2) is 23.7 Å². The predicted molar refractivity (Wildman–Crippen MR) is 66.8 cm³/mol. The summed E-state index contributed by atoms with van der Waals surface area (Å²) in [4.78, 5) is 13.4. The molecule has 1 unspecified atom stereocenters. The van der Waals surface area contributed by atoms with Gasteiger partial charge in [-0.05, 0) is 17.7 Å². The summed E-state index contributed by atoms with van der Waals surface area (Å²) in [6.45, 7) is 4.65. The van der Waals surface area contributed by atoms with Gasteiger partial charge in [0, 0.05) is 25.4 Å². The first-order valence-electron chi connectivity index (χ1n) is 6.12. The molecule has 20 heavy (non-hydrogen) atoms. The molecule has 0 radical (unpaired) electrons. The summed E-state index contributed by atoms with van der Waals surface area (Å²) in [5.74, 6) is -0.0844. The van der Waals surface area contributed by atoms with Crippen molar-refractivity contribution in [2.24, 2.45) is 5.92 Å². The van der Waals surface area contributed by atoms with Crippen LogP contribution in [0, 0.1) is 5.92 Å². The molecule has 0 spiro atoms. The number of benzene rings is 1. The van der Waals surface area contributed by atoms with E-state index in [9.17, 15) is 18.0 Å². The van der Waals surface area contributed by atoms with Crippen LogP contribution < -0.4 is 4.74 Å². The summed E-state index contributed by atoms with van der Waals surface area (Å²) in [5.41, 5.74) is 0.762. The Balaban J connectivity index is 1.97. The molecule has 108 valence electrons. The van der Waals surface area contributed by atoms with Crippen molar-refractivity contribution < 1.29 is 22.7 Å². The lowest BCUT2D eigenvalue weighted by atomic mass is 10.1. The van der Waals surface area contributed by atoms with Gasteiger partial charge in [-0.15, -0.1) is 19.8 Å². The van der Waals surface area contributed by atoms with Crippen LogP contribution in [-0.2, 0) is 11.3 Å². The highest BCUT2D eigenvalue weighted by Crippen LogP contribution is 2.24. The van der Waals surface area contributed by atoms with E-state index in [2.05, 4.69) is 11.3 Å². The molecular weight excluding hydrogens is 271 g/mol. The van der Waals surface area contributed by atoms with Crippen molar-refractivity contribution in [3.8, 4) is 5.75 Å². The van der Waals surface area contributed by atoms with Crippen molar-refractivity contribution in [2.45, 2.75) is 19.3 Å². The van der Waals surface area contributed by atoms with Crippen LogP contribution in [0.1, 0.15) is 12.0 Å². The average molecular weight is 285 g/mol. The molecule has 6 heteroatoms. The first-order chi connectivity index (χ1) is 9.37. The van der Waals surface area contributed by atoms with E-state index in [1.54, 1.807) is 11.0 Å². The fourth-order valence-electron chi connectivity index (χ4n) is 2.13. The van der Waals surface area contributed by atoms with E-state index in [1.807, 2.05) is 0 Å². The SMILES string of the molecule is C=CC1CC(=O)N(Cc2ccc(OC(F)(F)F)cc2)C1. The maximum atomic E-state index is 12.0. The van der Waals surface area contributed by atoms with Crippen molar-refractivity contribution in [1.82, 2.24) is 4.90 Å². The Morgan fingerprint density at radius 1 is 1.35 bits per heavy atom. The number of nitrogens with zero attached hydrogens (tertiary/aromatic N) is 1. The third-order valence-corrected chi connectivity index (χ3v) is 3.11. The first kappa shape index (κ1) is 14.4. The van der Waals surface area contributed by atoms with E-state index in [0.29, 0.717) is 19.5 Å². The normalized spacial score (nSPS) is 19.2. The monoisotopic (exact) mass is 285 g/mol. The van der Waals surface area contributed by atoms with Gasteiger partial charge in [-0.3, -0.25) is 4.79 Å². The van der Waals surface area contributed by atoms with Gasteiger partial charge in [0.15, 0.2) is 0 Å². The van der Waals surface area contributed by atoms with Gasteiger partial charge in [0.25, 0.3) is 0 Å². The Kier molecular flexibility index (Phi) is 4.01. The number of carbonyl (C=O) groups is 1. The summed E-state index contributed by atoms with van der Waals surface area (Å²) >= 11 is 0. The Labute approximate surface area is 114 Å². The molecule has 1 heterocycles. The summed E-state index contributed by atoms with van der Waals surface area (Å²) in [6.07, 6.45) is -2.50. The van der Waals surface area contributed by atoms with Gasteiger partial charge >= 0.3 is 6.36 Å². The highest BCUT2D eigenvalue weighted by molar-refractivity contribution is 5.79. The van der Waals surface area contributed by atoms with Crippen LogP contribution in [0.25, 0.3) is 0 Å². The number of hydrogen-bond acceptors (Lipinski definition) is 2. The van der Waals surface area contributed by atoms with Crippen LogP contribution in [0.4, 0.5) is 13.2 Å². The number of likely N-dealkylation sites (tertiary alicyclic amines) is 1. The van der Waals surface area contributed by atoms with Gasteiger partial charge in [-0.1, -0.05) is 18.2 Å². The zero-order valence-electron chi connectivity index (χ0n) is 10.7.